The van der Waals surface area contributed by atoms with Crippen LogP contribution in [0.5, 0.6) is 0 Å². The van der Waals surface area contributed by atoms with Crippen molar-refractivity contribution in [3.63, 3.8) is 0 Å². The molecule has 1 aromatic heterocycles. The summed E-state index contributed by atoms with van der Waals surface area (Å²) in [4.78, 5) is 12.1. The molecule has 6 heteroatoms. The summed E-state index contributed by atoms with van der Waals surface area (Å²) in [6.07, 6.45) is 3.57. The lowest BCUT2D eigenvalue weighted by atomic mass is 9.95. The third kappa shape index (κ3) is 1.68. The molecule has 0 aromatic carbocycles. The number of nitrogens with one attached hydrogen (secondary N) is 2. The molecule has 3 heterocycles. The van der Waals surface area contributed by atoms with Crippen LogP contribution < -0.4 is 11.1 Å². The second-order valence-corrected chi connectivity index (χ2v) is 4.80. The lowest BCUT2D eigenvalue weighted by molar-refractivity contribution is 0.0841. The van der Waals surface area contributed by atoms with Crippen molar-refractivity contribution in [2.75, 3.05) is 5.73 Å². The fraction of sp³-hybridized carbons (Fsp3) is 0.636. The Morgan fingerprint density at radius 3 is 2.94 bits per heavy atom. The van der Waals surface area contributed by atoms with Crippen molar-refractivity contribution in [3.8, 4) is 0 Å². The van der Waals surface area contributed by atoms with Crippen LogP contribution in [0.3, 0.4) is 0 Å². The van der Waals surface area contributed by atoms with E-state index in [-0.39, 0.29) is 23.9 Å². The van der Waals surface area contributed by atoms with E-state index >= 15 is 0 Å². The van der Waals surface area contributed by atoms with E-state index in [0.29, 0.717) is 17.4 Å². The predicted molar refractivity (Wildman–Crippen MR) is 61.5 cm³/mol. The number of ether oxygens (including phenoxy) is 1. The number of nitrogens with two attached hydrogens (primary N) is 1. The number of nitrogens with zero attached hydrogens (tertiary/aromatic N) is 1. The van der Waals surface area contributed by atoms with Gasteiger partial charge in [-0.15, -0.1) is 0 Å². The smallest absolute Gasteiger partial charge is 0.257 e. The molecule has 0 spiro atoms. The third-order valence-corrected chi connectivity index (χ3v) is 3.62. The molecule has 2 aliphatic heterocycles. The number of aromatic amines is 1. The van der Waals surface area contributed by atoms with Gasteiger partial charge in [0, 0.05) is 5.69 Å². The normalized spacial score (nSPS) is 30.8. The first-order valence-corrected chi connectivity index (χ1v) is 5.92. The number of nitrogen functional groups attached to an aromatic ring is 1. The zero-order valence-electron chi connectivity index (χ0n) is 9.69. The van der Waals surface area contributed by atoms with Crippen LogP contribution in [0.15, 0.2) is 0 Å². The highest BCUT2D eigenvalue weighted by Crippen LogP contribution is 2.34. The van der Waals surface area contributed by atoms with Gasteiger partial charge in [-0.2, -0.15) is 5.10 Å². The van der Waals surface area contributed by atoms with Gasteiger partial charge in [-0.3, -0.25) is 9.89 Å². The lowest BCUT2D eigenvalue weighted by Crippen LogP contribution is -2.41. The van der Waals surface area contributed by atoms with E-state index in [2.05, 4.69) is 15.5 Å². The number of rotatable bonds is 2. The maximum atomic E-state index is 12.1. The number of aryl methyl sites for hydroxylation is 1. The summed E-state index contributed by atoms with van der Waals surface area (Å²) in [5.41, 5.74) is 6.81. The van der Waals surface area contributed by atoms with Crippen LogP contribution in [0.1, 0.15) is 35.3 Å². The van der Waals surface area contributed by atoms with Crippen molar-refractivity contribution in [3.05, 3.63) is 11.3 Å². The molecule has 2 fully saturated rings. The second-order valence-electron chi connectivity index (χ2n) is 4.80. The molecular weight excluding hydrogens is 220 g/mol. The van der Waals surface area contributed by atoms with Gasteiger partial charge in [0.05, 0.1) is 18.2 Å². The number of carbonyl (C=O) groups excluding carboxylic acids is 1. The maximum absolute atomic E-state index is 12.1. The zero-order valence-corrected chi connectivity index (χ0v) is 9.69. The van der Waals surface area contributed by atoms with Crippen LogP contribution in [0.2, 0.25) is 0 Å². The van der Waals surface area contributed by atoms with Gasteiger partial charge in [0.25, 0.3) is 5.91 Å². The van der Waals surface area contributed by atoms with Gasteiger partial charge in [-0.25, -0.2) is 0 Å². The van der Waals surface area contributed by atoms with Gasteiger partial charge >= 0.3 is 0 Å². The number of aromatic nitrogens is 2. The van der Waals surface area contributed by atoms with E-state index in [0.717, 1.165) is 19.3 Å². The molecule has 2 aliphatic rings. The van der Waals surface area contributed by atoms with Crippen molar-refractivity contribution in [2.45, 2.75) is 44.4 Å². The molecule has 17 heavy (non-hydrogen) atoms. The topological polar surface area (TPSA) is 93.0 Å². The first kappa shape index (κ1) is 10.6. The average molecular weight is 236 g/mol. The molecule has 0 aliphatic carbocycles. The van der Waals surface area contributed by atoms with E-state index in [9.17, 15) is 4.79 Å². The highest BCUT2D eigenvalue weighted by atomic mass is 16.5. The number of H-pyrrole nitrogens is 1. The Balaban J connectivity index is 1.72. The summed E-state index contributed by atoms with van der Waals surface area (Å²) in [5.74, 6) is 0.0963. The Labute approximate surface area is 98.9 Å². The summed E-state index contributed by atoms with van der Waals surface area (Å²) in [6, 6.07) is 0.120. The van der Waals surface area contributed by atoms with Crippen LogP contribution in [0.25, 0.3) is 0 Å². The van der Waals surface area contributed by atoms with E-state index in [1.165, 1.54) is 0 Å². The number of carbonyl (C=O) groups is 1. The van der Waals surface area contributed by atoms with E-state index in [1.807, 2.05) is 0 Å². The number of hydrogen-bond donors (Lipinski definition) is 3. The quantitative estimate of drug-likeness (QED) is 0.690. The standard InChI is InChI=1S/C11H16N4O2/c1-5-9(10(12)15-14-5)11(16)13-7-4-6-2-3-8(7)17-6/h6-8H,2-4H2,1H3,(H,13,16)(H3,12,14,15). The van der Waals surface area contributed by atoms with Crippen LogP contribution in [-0.2, 0) is 4.74 Å². The monoisotopic (exact) mass is 236 g/mol. The minimum atomic E-state index is -0.157. The van der Waals surface area contributed by atoms with Crippen molar-refractivity contribution < 1.29 is 9.53 Å². The van der Waals surface area contributed by atoms with Crippen LogP contribution in [0.4, 0.5) is 5.82 Å². The van der Waals surface area contributed by atoms with Gasteiger partial charge < -0.3 is 15.8 Å². The third-order valence-electron chi connectivity index (χ3n) is 3.62. The van der Waals surface area contributed by atoms with E-state index < -0.39 is 0 Å². The summed E-state index contributed by atoms with van der Waals surface area (Å²) in [6.45, 7) is 1.79. The molecule has 6 nitrogen and oxygen atoms in total. The number of anilines is 1. The highest BCUT2D eigenvalue weighted by Gasteiger charge is 2.41. The van der Waals surface area contributed by atoms with Crippen molar-refractivity contribution in [2.24, 2.45) is 0 Å². The molecular formula is C11H16N4O2. The van der Waals surface area contributed by atoms with Gasteiger partial charge in [-0.05, 0) is 26.2 Å². The Bertz CT molecular complexity index is 437. The number of fused-ring (bicyclic) bond motifs is 2. The largest absolute Gasteiger partial charge is 0.382 e. The molecule has 4 N–H and O–H groups in total. The molecule has 2 saturated heterocycles. The molecule has 3 rings (SSSR count). The molecule has 0 saturated carbocycles. The van der Waals surface area contributed by atoms with Crippen LogP contribution >= 0.6 is 0 Å². The molecule has 92 valence electrons. The van der Waals surface area contributed by atoms with Crippen LogP contribution in [-0.4, -0.2) is 34.4 Å². The van der Waals surface area contributed by atoms with Crippen molar-refractivity contribution >= 4 is 11.7 Å². The fourth-order valence-corrected chi connectivity index (χ4v) is 2.76. The van der Waals surface area contributed by atoms with Gasteiger partial charge in [0.1, 0.15) is 5.56 Å². The molecule has 3 atom stereocenters. The molecule has 2 bridgehead atoms. The zero-order chi connectivity index (χ0) is 12.0. The second kappa shape index (κ2) is 3.73. The highest BCUT2D eigenvalue weighted by molar-refractivity contribution is 5.99. The first-order chi connectivity index (χ1) is 8.15. The number of amides is 1. The van der Waals surface area contributed by atoms with Crippen molar-refractivity contribution in [1.29, 1.82) is 0 Å². The summed E-state index contributed by atoms with van der Waals surface area (Å²) < 4.78 is 5.69. The fourth-order valence-electron chi connectivity index (χ4n) is 2.76. The predicted octanol–water partition coefficient (Wildman–Crippen LogP) is 0.350. The Morgan fingerprint density at radius 2 is 2.41 bits per heavy atom. The number of hydrogen-bond acceptors (Lipinski definition) is 4. The van der Waals surface area contributed by atoms with E-state index in [4.69, 9.17) is 10.5 Å². The van der Waals surface area contributed by atoms with Gasteiger partial charge in [0.2, 0.25) is 0 Å². The Hall–Kier alpha value is -1.56. The lowest BCUT2D eigenvalue weighted by Gasteiger charge is -2.19. The van der Waals surface area contributed by atoms with Crippen LogP contribution in [0, 0.1) is 6.92 Å². The van der Waals surface area contributed by atoms with E-state index in [1.54, 1.807) is 6.92 Å². The first-order valence-electron chi connectivity index (χ1n) is 5.92. The minimum absolute atomic E-state index is 0.120. The molecule has 0 radical (unpaired) electrons. The average Bonchev–Trinajstić information content (AvgIpc) is 2.94. The Kier molecular flexibility index (Phi) is 2.32. The Morgan fingerprint density at radius 1 is 1.59 bits per heavy atom. The summed E-state index contributed by atoms with van der Waals surface area (Å²) in [7, 11) is 0. The maximum Gasteiger partial charge on any atom is 0.257 e. The van der Waals surface area contributed by atoms with Crippen molar-refractivity contribution in [1.82, 2.24) is 15.5 Å². The van der Waals surface area contributed by atoms with Gasteiger partial charge in [0.15, 0.2) is 5.82 Å². The SMILES string of the molecule is Cc1[nH]nc(N)c1C(=O)NC1CC2CCC1O2. The molecule has 1 aromatic rings. The minimum Gasteiger partial charge on any atom is -0.382 e. The summed E-state index contributed by atoms with van der Waals surface area (Å²) >= 11 is 0. The summed E-state index contributed by atoms with van der Waals surface area (Å²) in [5, 5.41) is 9.52. The van der Waals surface area contributed by atoms with Gasteiger partial charge in [-0.1, -0.05) is 0 Å². The molecule has 3 unspecified atom stereocenters. The molecule has 1 amide bonds.